The van der Waals surface area contributed by atoms with Gasteiger partial charge in [-0.3, -0.25) is 4.79 Å². The minimum atomic E-state index is -0.254. The highest BCUT2D eigenvalue weighted by Crippen LogP contribution is 2.28. The zero-order chi connectivity index (χ0) is 20.6. The first-order chi connectivity index (χ1) is 14.0. The van der Waals surface area contributed by atoms with Crippen LogP contribution >= 0.6 is 0 Å². The molecule has 0 bridgehead atoms. The van der Waals surface area contributed by atoms with Gasteiger partial charge in [0.05, 0.1) is 13.2 Å². The van der Waals surface area contributed by atoms with Gasteiger partial charge in [-0.1, -0.05) is 28.9 Å². The van der Waals surface area contributed by atoms with Crippen molar-refractivity contribution in [2.75, 3.05) is 29.7 Å². The Morgan fingerprint density at radius 1 is 1.14 bits per heavy atom. The van der Waals surface area contributed by atoms with Crippen molar-refractivity contribution in [3.63, 3.8) is 0 Å². The Kier molecular flexibility index (Phi) is 6.46. The number of amides is 1. The lowest BCUT2D eigenvalue weighted by Crippen LogP contribution is -2.20. The minimum absolute atomic E-state index is 0.132. The van der Waals surface area contributed by atoms with Crippen LogP contribution in [0.3, 0.4) is 0 Å². The second-order valence-corrected chi connectivity index (χ2v) is 6.20. The van der Waals surface area contributed by atoms with Gasteiger partial charge in [-0.05, 0) is 54.1 Å². The number of hydrogen-bond donors (Lipinski definition) is 3. The first-order valence-corrected chi connectivity index (χ1v) is 9.08. The zero-order valence-electron chi connectivity index (χ0n) is 16.3. The molecule has 3 aromatic rings. The van der Waals surface area contributed by atoms with Gasteiger partial charge in [-0.25, -0.2) is 0 Å². The van der Waals surface area contributed by atoms with E-state index in [1.807, 2.05) is 50.2 Å². The molecule has 3 rings (SSSR count). The molecule has 0 fully saturated rings. The maximum absolute atomic E-state index is 12.2. The lowest BCUT2D eigenvalue weighted by molar-refractivity contribution is -0.118. The Morgan fingerprint density at radius 2 is 1.93 bits per heavy atom. The van der Waals surface area contributed by atoms with E-state index in [1.165, 1.54) is 4.79 Å². The summed E-state index contributed by atoms with van der Waals surface area (Å²) in [5.41, 5.74) is 11.3. The summed E-state index contributed by atoms with van der Waals surface area (Å²) in [5.74, 6) is 0.932. The molecule has 2 aromatic carbocycles. The predicted octanol–water partition coefficient (Wildman–Crippen LogP) is 1.72. The number of nitrogens with zero attached hydrogens (tertiary/aromatic N) is 4. The number of nitrogen functional groups attached to an aromatic ring is 1. The van der Waals surface area contributed by atoms with Crippen molar-refractivity contribution in [2.24, 2.45) is 0 Å². The lowest BCUT2D eigenvalue weighted by atomic mass is 10.2. The molecule has 1 heterocycles. The lowest BCUT2D eigenvalue weighted by Gasteiger charge is -2.14. The Balaban J connectivity index is 1.59. The van der Waals surface area contributed by atoms with Gasteiger partial charge in [-0.15, -0.1) is 4.79 Å². The molecule has 0 unspecified atom stereocenters. The fraction of sp³-hybridized carbons (Fsp3) is 0.263. The molecule has 1 amide bonds. The number of nitrogens with one attached hydrogen (secondary N) is 2. The van der Waals surface area contributed by atoms with Crippen LogP contribution in [0.25, 0.3) is 0 Å². The number of carbonyl (C=O) groups excluding carboxylic acids is 1. The first kappa shape index (κ1) is 19.9. The van der Waals surface area contributed by atoms with Gasteiger partial charge < -0.3 is 25.9 Å². The van der Waals surface area contributed by atoms with Crippen LogP contribution in [0.5, 0.6) is 11.5 Å². The molecule has 152 valence electrons. The van der Waals surface area contributed by atoms with Gasteiger partial charge in [0.25, 0.3) is 11.9 Å². The molecule has 29 heavy (non-hydrogen) atoms. The van der Waals surface area contributed by atoms with Crippen LogP contribution in [-0.2, 0) is 11.3 Å². The number of carbonyl (C=O) groups is 1. The number of anilines is 2. The predicted molar refractivity (Wildman–Crippen MR) is 108 cm³/mol. The molecule has 1 aromatic heterocycles. The Hall–Kier alpha value is -3.82. The van der Waals surface area contributed by atoms with Crippen LogP contribution in [0.4, 0.5) is 11.6 Å². The summed E-state index contributed by atoms with van der Waals surface area (Å²) >= 11 is 0. The Labute approximate surface area is 168 Å². The van der Waals surface area contributed by atoms with Crippen LogP contribution in [0, 0.1) is 6.92 Å². The van der Waals surface area contributed by atoms with Gasteiger partial charge in [0.15, 0.2) is 18.1 Å². The largest absolute Gasteiger partial charge is 0.490 e. The van der Waals surface area contributed by atoms with Crippen molar-refractivity contribution in [3.05, 3.63) is 53.6 Å². The molecular weight excluding hydrogens is 374 g/mol. The number of aryl methyl sites for hydroxylation is 1. The molecule has 0 aliphatic rings. The van der Waals surface area contributed by atoms with E-state index in [2.05, 4.69) is 26.3 Å². The van der Waals surface area contributed by atoms with Gasteiger partial charge in [0, 0.05) is 5.69 Å². The highest BCUT2D eigenvalue weighted by molar-refractivity contribution is 5.91. The Morgan fingerprint density at radius 3 is 2.62 bits per heavy atom. The normalized spacial score (nSPS) is 10.4. The van der Waals surface area contributed by atoms with Crippen molar-refractivity contribution >= 4 is 17.5 Å². The fourth-order valence-electron chi connectivity index (χ4n) is 2.50. The summed E-state index contributed by atoms with van der Waals surface area (Å²) in [6.45, 7) is 4.61. The van der Waals surface area contributed by atoms with E-state index in [4.69, 9.17) is 15.2 Å². The summed E-state index contributed by atoms with van der Waals surface area (Å²) in [7, 11) is 0. The van der Waals surface area contributed by atoms with E-state index in [1.54, 1.807) is 6.07 Å². The third-order valence-electron chi connectivity index (χ3n) is 3.93. The summed E-state index contributed by atoms with van der Waals surface area (Å²) < 4.78 is 11.3. The third kappa shape index (κ3) is 5.58. The van der Waals surface area contributed by atoms with E-state index in [9.17, 15) is 4.79 Å². The maximum atomic E-state index is 12.2. The second kappa shape index (κ2) is 9.40. The van der Waals surface area contributed by atoms with Gasteiger partial charge in [-0.2, -0.15) is 0 Å². The van der Waals surface area contributed by atoms with Crippen LogP contribution in [0.15, 0.2) is 42.5 Å². The average Bonchev–Trinajstić information content (AvgIpc) is 3.12. The van der Waals surface area contributed by atoms with Gasteiger partial charge in [0.2, 0.25) is 0 Å². The van der Waals surface area contributed by atoms with E-state index >= 15 is 0 Å². The van der Waals surface area contributed by atoms with Crippen molar-refractivity contribution in [2.45, 2.75) is 20.4 Å². The fourth-order valence-corrected chi connectivity index (χ4v) is 2.50. The number of tetrazole rings is 1. The van der Waals surface area contributed by atoms with E-state index in [0.717, 1.165) is 16.8 Å². The van der Waals surface area contributed by atoms with E-state index < -0.39 is 0 Å². The van der Waals surface area contributed by atoms with Crippen LogP contribution in [-0.4, -0.2) is 39.4 Å². The molecule has 0 aliphatic carbocycles. The number of benzene rings is 2. The average molecular weight is 397 g/mol. The summed E-state index contributed by atoms with van der Waals surface area (Å²) in [6.07, 6.45) is 0. The molecule has 0 aliphatic heterocycles. The topological polar surface area (TPSA) is 129 Å². The second-order valence-electron chi connectivity index (χ2n) is 6.20. The highest BCUT2D eigenvalue weighted by Gasteiger charge is 2.10. The van der Waals surface area contributed by atoms with Crippen molar-refractivity contribution < 1.29 is 14.3 Å². The van der Waals surface area contributed by atoms with Crippen molar-refractivity contribution in [1.82, 2.24) is 20.3 Å². The van der Waals surface area contributed by atoms with Crippen molar-refractivity contribution in [3.8, 4) is 11.5 Å². The summed E-state index contributed by atoms with van der Waals surface area (Å²) in [5, 5.41) is 13.6. The summed E-state index contributed by atoms with van der Waals surface area (Å²) in [4.78, 5) is 13.4. The molecule has 0 radical (unpaired) electrons. The molecule has 10 heteroatoms. The molecule has 0 saturated heterocycles. The van der Waals surface area contributed by atoms with Crippen LogP contribution < -0.4 is 25.9 Å². The standard InChI is InChI=1S/C19H23N7O3/c1-3-28-17-10-14(11-21-26-19(20)23-24-25-26)6-9-16(17)29-12-18(27)22-15-7-4-13(2)5-8-15/h4-10,21H,3,11-12H2,1-2H3,(H,22,27)(H2,20,23,25). The maximum Gasteiger partial charge on any atom is 0.262 e. The number of rotatable bonds is 9. The van der Waals surface area contributed by atoms with Crippen molar-refractivity contribution in [1.29, 1.82) is 0 Å². The molecule has 0 atom stereocenters. The van der Waals surface area contributed by atoms with Crippen LogP contribution in [0.1, 0.15) is 18.1 Å². The highest BCUT2D eigenvalue weighted by atomic mass is 16.5. The number of hydrogen-bond acceptors (Lipinski definition) is 8. The molecule has 4 N–H and O–H groups in total. The zero-order valence-corrected chi connectivity index (χ0v) is 16.3. The van der Waals surface area contributed by atoms with Gasteiger partial charge in [0.1, 0.15) is 0 Å². The molecule has 0 spiro atoms. The molecule has 10 nitrogen and oxygen atoms in total. The third-order valence-corrected chi connectivity index (χ3v) is 3.93. The SMILES string of the molecule is CCOc1cc(CNn2nnnc2N)ccc1OCC(=O)Nc1ccc(C)cc1. The van der Waals surface area contributed by atoms with Gasteiger partial charge >= 0.3 is 0 Å². The summed E-state index contributed by atoms with van der Waals surface area (Å²) in [6, 6.07) is 13.0. The quantitative estimate of drug-likeness (QED) is 0.498. The first-order valence-electron chi connectivity index (χ1n) is 9.08. The monoisotopic (exact) mass is 397 g/mol. The minimum Gasteiger partial charge on any atom is -0.490 e. The van der Waals surface area contributed by atoms with E-state index in [0.29, 0.717) is 24.7 Å². The Bertz CT molecular complexity index is 957. The molecular formula is C19H23N7O3. The van der Waals surface area contributed by atoms with E-state index in [-0.39, 0.29) is 18.5 Å². The number of aromatic nitrogens is 4. The molecule has 0 saturated carbocycles. The smallest absolute Gasteiger partial charge is 0.262 e. The van der Waals surface area contributed by atoms with Crippen LogP contribution in [0.2, 0.25) is 0 Å². The number of ether oxygens (including phenoxy) is 2. The number of nitrogens with two attached hydrogens (primary N) is 1.